The molecular weight excluding hydrogens is 182 g/mol. The van der Waals surface area contributed by atoms with Gasteiger partial charge in [-0.3, -0.25) is 4.79 Å². The van der Waals surface area contributed by atoms with Crippen LogP contribution in [-0.2, 0) is 4.79 Å². The van der Waals surface area contributed by atoms with Gasteiger partial charge >= 0.3 is 0 Å². The maximum Gasteiger partial charge on any atom is 0.230 e. The van der Waals surface area contributed by atoms with Gasteiger partial charge in [0.1, 0.15) is 0 Å². The molecule has 0 aliphatic rings. The molecule has 78 valence electrons. The van der Waals surface area contributed by atoms with Crippen molar-refractivity contribution in [2.45, 2.75) is 51.2 Å². The zero-order chi connectivity index (χ0) is 10.1. The molecule has 2 nitrogen and oxygen atoms in total. The molecule has 0 aliphatic heterocycles. The Morgan fingerprint density at radius 3 is 2.38 bits per heavy atom. The summed E-state index contributed by atoms with van der Waals surface area (Å²) in [5, 5.41) is 0.0477. The lowest BCUT2D eigenvalue weighted by Gasteiger charge is -2.11. The number of nitrogens with two attached hydrogens (primary N) is 1. The fourth-order valence-electron chi connectivity index (χ4n) is 1.07. The van der Waals surface area contributed by atoms with E-state index in [-0.39, 0.29) is 11.2 Å². The summed E-state index contributed by atoms with van der Waals surface area (Å²) in [7, 11) is 0. The van der Waals surface area contributed by atoms with Gasteiger partial charge in [0.15, 0.2) is 0 Å². The molecule has 0 fully saturated rings. The molecule has 0 aromatic carbocycles. The molecule has 1 atom stereocenters. The van der Waals surface area contributed by atoms with Crippen LogP contribution in [0.15, 0.2) is 0 Å². The lowest BCUT2D eigenvalue weighted by molar-refractivity contribution is -0.117. The second-order valence-corrected chi connectivity index (χ2v) is 4.57. The summed E-state index contributed by atoms with van der Waals surface area (Å²) in [6.07, 6.45) is 5.55. The average Bonchev–Trinajstić information content (AvgIpc) is 2.10. The van der Waals surface area contributed by atoms with Crippen LogP contribution in [0.1, 0.15) is 46.0 Å². The monoisotopic (exact) mass is 203 g/mol. The topological polar surface area (TPSA) is 43.1 Å². The Morgan fingerprint density at radius 2 is 1.92 bits per heavy atom. The normalized spacial score (nSPS) is 12.8. The third-order valence-corrected chi connectivity index (χ3v) is 3.35. The van der Waals surface area contributed by atoms with E-state index >= 15 is 0 Å². The van der Waals surface area contributed by atoms with Crippen molar-refractivity contribution in [2.24, 2.45) is 5.73 Å². The van der Waals surface area contributed by atoms with Gasteiger partial charge in [-0.2, -0.15) is 0 Å². The van der Waals surface area contributed by atoms with Crippen molar-refractivity contribution in [1.29, 1.82) is 0 Å². The maximum absolute atomic E-state index is 11.0. The molecule has 0 rings (SSSR count). The number of carbonyl (C=O) groups is 1. The highest BCUT2D eigenvalue weighted by molar-refractivity contribution is 8.00. The van der Waals surface area contributed by atoms with Crippen LogP contribution in [0.3, 0.4) is 0 Å². The second-order valence-electron chi connectivity index (χ2n) is 3.26. The standard InChI is InChI=1S/C10H21NOS/c1-3-5-7-9(10(11)12)13-8-6-4-2/h9H,3-8H2,1-2H3,(H2,11,12). The Kier molecular flexibility index (Phi) is 8.30. The van der Waals surface area contributed by atoms with Crippen molar-refractivity contribution < 1.29 is 4.79 Å². The van der Waals surface area contributed by atoms with Gasteiger partial charge in [0.05, 0.1) is 5.25 Å². The van der Waals surface area contributed by atoms with Crippen molar-refractivity contribution in [2.75, 3.05) is 5.75 Å². The molecule has 0 aromatic rings. The predicted molar refractivity (Wildman–Crippen MR) is 59.9 cm³/mol. The van der Waals surface area contributed by atoms with Gasteiger partial charge in [0.2, 0.25) is 5.91 Å². The Morgan fingerprint density at radius 1 is 1.31 bits per heavy atom. The van der Waals surface area contributed by atoms with Gasteiger partial charge in [-0.05, 0) is 18.6 Å². The molecule has 0 radical (unpaired) electrons. The van der Waals surface area contributed by atoms with Crippen LogP contribution in [-0.4, -0.2) is 16.9 Å². The number of hydrogen-bond acceptors (Lipinski definition) is 2. The van der Waals surface area contributed by atoms with E-state index in [1.165, 1.54) is 12.8 Å². The molecule has 0 spiro atoms. The Balaban J connectivity index is 3.61. The highest BCUT2D eigenvalue weighted by Gasteiger charge is 2.13. The maximum atomic E-state index is 11.0. The van der Waals surface area contributed by atoms with Gasteiger partial charge in [-0.1, -0.05) is 33.1 Å². The van der Waals surface area contributed by atoms with E-state index in [4.69, 9.17) is 5.73 Å². The fourth-order valence-corrected chi connectivity index (χ4v) is 2.30. The molecule has 0 saturated carbocycles. The molecule has 13 heavy (non-hydrogen) atoms. The largest absolute Gasteiger partial charge is 0.369 e. The van der Waals surface area contributed by atoms with E-state index in [0.717, 1.165) is 25.0 Å². The van der Waals surface area contributed by atoms with E-state index in [0.29, 0.717) is 0 Å². The minimum absolute atomic E-state index is 0.0477. The summed E-state index contributed by atoms with van der Waals surface area (Å²) in [5.74, 6) is 0.919. The molecule has 2 N–H and O–H groups in total. The average molecular weight is 203 g/mol. The Hall–Kier alpha value is -0.180. The quantitative estimate of drug-likeness (QED) is 0.616. The molecule has 3 heteroatoms. The zero-order valence-corrected chi connectivity index (χ0v) is 9.53. The summed E-state index contributed by atoms with van der Waals surface area (Å²) in [6.45, 7) is 4.29. The predicted octanol–water partition coefficient (Wildman–Crippen LogP) is 2.56. The van der Waals surface area contributed by atoms with E-state index in [1.54, 1.807) is 11.8 Å². The number of unbranched alkanes of at least 4 members (excludes halogenated alkanes) is 2. The zero-order valence-electron chi connectivity index (χ0n) is 8.71. The molecule has 0 aliphatic carbocycles. The van der Waals surface area contributed by atoms with Crippen LogP contribution in [0.25, 0.3) is 0 Å². The summed E-state index contributed by atoms with van der Waals surface area (Å²) >= 11 is 1.72. The number of rotatable bonds is 8. The van der Waals surface area contributed by atoms with Crippen LogP contribution in [0.2, 0.25) is 0 Å². The van der Waals surface area contributed by atoms with Crippen molar-refractivity contribution in [3.63, 3.8) is 0 Å². The molecule has 0 saturated heterocycles. The van der Waals surface area contributed by atoms with E-state index in [1.807, 2.05) is 0 Å². The fraction of sp³-hybridized carbons (Fsp3) is 0.900. The van der Waals surface area contributed by atoms with Crippen molar-refractivity contribution in [1.82, 2.24) is 0 Å². The first kappa shape index (κ1) is 12.8. The Labute approximate surface area is 85.6 Å². The van der Waals surface area contributed by atoms with Gasteiger partial charge < -0.3 is 5.73 Å². The Bertz CT molecular complexity index is 139. The molecule has 1 unspecified atom stereocenters. The summed E-state index contributed by atoms with van der Waals surface area (Å²) in [5.41, 5.74) is 5.30. The second kappa shape index (κ2) is 8.42. The third kappa shape index (κ3) is 6.94. The lowest BCUT2D eigenvalue weighted by atomic mass is 10.2. The summed E-state index contributed by atoms with van der Waals surface area (Å²) in [6, 6.07) is 0. The minimum atomic E-state index is -0.144. The first-order valence-corrected chi connectivity index (χ1v) is 6.18. The number of hydrogen-bond donors (Lipinski definition) is 1. The van der Waals surface area contributed by atoms with Crippen molar-refractivity contribution in [3.8, 4) is 0 Å². The van der Waals surface area contributed by atoms with Crippen LogP contribution >= 0.6 is 11.8 Å². The highest BCUT2D eigenvalue weighted by atomic mass is 32.2. The first-order chi connectivity index (χ1) is 6.22. The highest BCUT2D eigenvalue weighted by Crippen LogP contribution is 2.18. The smallest absolute Gasteiger partial charge is 0.230 e. The number of amides is 1. The van der Waals surface area contributed by atoms with Crippen LogP contribution in [0, 0.1) is 0 Å². The van der Waals surface area contributed by atoms with E-state index < -0.39 is 0 Å². The number of primary amides is 1. The number of thioether (sulfide) groups is 1. The molecule has 0 heterocycles. The van der Waals surface area contributed by atoms with Crippen LogP contribution in [0.4, 0.5) is 0 Å². The lowest BCUT2D eigenvalue weighted by Crippen LogP contribution is -2.26. The minimum Gasteiger partial charge on any atom is -0.369 e. The van der Waals surface area contributed by atoms with Gasteiger partial charge in [-0.25, -0.2) is 0 Å². The molecule has 0 bridgehead atoms. The van der Waals surface area contributed by atoms with Crippen molar-refractivity contribution >= 4 is 17.7 Å². The van der Waals surface area contributed by atoms with Crippen LogP contribution < -0.4 is 5.73 Å². The van der Waals surface area contributed by atoms with Gasteiger partial charge in [-0.15, -0.1) is 11.8 Å². The van der Waals surface area contributed by atoms with Gasteiger partial charge in [0, 0.05) is 0 Å². The molecular formula is C10H21NOS. The molecule has 1 amide bonds. The third-order valence-electron chi connectivity index (χ3n) is 1.95. The van der Waals surface area contributed by atoms with Gasteiger partial charge in [0.25, 0.3) is 0 Å². The summed E-state index contributed by atoms with van der Waals surface area (Å²) < 4.78 is 0. The first-order valence-electron chi connectivity index (χ1n) is 5.13. The van der Waals surface area contributed by atoms with E-state index in [9.17, 15) is 4.79 Å². The SMILES string of the molecule is CCCCSC(CCCC)C(N)=O. The number of carbonyl (C=O) groups excluding carboxylic acids is 1. The summed E-state index contributed by atoms with van der Waals surface area (Å²) in [4.78, 5) is 11.0. The molecule has 0 aromatic heterocycles. The van der Waals surface area contributed by atoms with Crippen molar-refractivity contribution in [3.05, 3.63) is 0 Å². The van der Waals surface area contributed by atoms with E-state index in [2.05, 4.69) is 13.8 Å². The van der Waals surface area contributed by atoms with Crippen LogP contribution in [0.5, 0.6) is 0 Å².